The van der Waals surface area contributed by atoms with Crippen molar-refractivity contribution in [1.29, 1.82) is 0 Å². The van der Waals surface area contributed by atoms with Gasteiger partial charge >= 0.3 is 6.03 Å². The van der Waals surface area contributed by atoms with E-state index in [1.165, 1.54) is 0 Å². The number of thiazole rings is 1. The summed E-state index contributed by atoms with van der Waals surface area (Å²) in [6, 6.07) is 7.50. The molecule has 116 valence electrons. The number of piperazine rings is 1. The first kappa shape index (κ1) is 15.1. The van der Waals surface area contributed by atoms with Gasteiger partial charge in [0.2, 0.25) is 0 Å². The Morgan fingerprint density at radius 1 is 1.32 bits per heavy atom. The number of anilines is 1. The van der Waals surface area contributed by atoms with Crippen LogP contribution in [-0.2, 0) is 6.54 Å². The Bertz CT molecular complexity index is 626. The van der Waals surface area contributed by atoms with E-state index in [1.54, 1.807) is 11.3 Å². The van der Waals surface area contributed by atoms with Gasteiger partial charge in [-0.05, 0) is 17.7 Å². The largest absolute Gasteiger partial charge is 0.345 e. The lowest BCUT2D eigenvalue weighted by molar-refractivity contribution is 0.194. The number of halogens is 1. The number of amides is 2. The number of rotatable bonds is 3. The van der Waals surface area contributed by atoms with E-state index < -0.39 is 0 Å². The molecule has 0 unspecified atom stereocenters. The van der Waals surface area contributed by atoms with Crippen molar-refractivity contribution < 1.29 is 4.79 Å². The Morgan fingerprint density at radius 3 is 2.82 bits per heavy atom. The third kappa shape index (κ3) is 3.69. The van der Waals surface area contributed by atoms with Crippen molar-refractivity contribution in [3.05, 3.63) is 46.4 Å². The second kappa shape index (κ2) is 6.98. The average Bonchev–Trinajstić information content (AvgIpc) is 3.07. The van der Waals surface area contributed by atoms with Gasteiger partial charge in [-0.25, -0.2) is 9.78 Å². The standard InChI is InChI=1S/C15H17ClN4OS/c16-13-3-1-2-12(10-13)11-18-14(21)19-5-7-20(8-6-19)15-17-4-9-22-15/h1-4,9-10H,5-8,11H2,(H,18,21). The number of carbonyl (C=O) groups excluding carboxylic acids is 1. The van der Waals surface area contributed by atoms with E-state index in [0.29, 0.717) is 24.7 Å². The molecule has 2 aromatic rings. The topological polar surface area (TPSA) is 48.5 Å². The van der Waals surface area contributed by atoms with E-state index in [-0.39, 0.29) is 6.03 Å². The molecular formula is C15H17ClN4OS. The van der Waals surface area contributed by atoms with E-state index in [0.717, 1.165) is 23.8 Å². The van der Waals surface area contributed by atoms with Crippen LogP contribution in [0.4, 0.5) is 9.93 Å². The van der Waals surface area contributed by atoms with Gasteiger partial charge in [-0.3, -0.25) is 0 Å². The van der Waals surface area contributed by atoms with Crippen molar-refractivity contribution in [3.8, 4) is 0 Å². The third-order valence-electron chi connectivity index (χ3n) is 3.59. The lowest BCUT2D eigenvalue weighted by atomic mass is 10.2. The predicted molar refractivity (Wildman–Crippen MR) is 89.6 cm³/mol. The van der Waals surface area contributed by atoms with Crippen LogP contribution >= 0.6 is 22.9 Å². The maximum atomic E-state index is 12.2. The third-order valence-corrected chi connectivity index (χ3v) is 4.66. The van der Waals surface area contributed by atoms with E-state index in [1.807, 2.05) is 40.7 Å². The van der Waals surface area contributed by atoms with Gasteiger partial charge in [0.05, 0.1) is 0 Å². The molecule has 0 spiro atoms. The number of nitrogens with one attached hydrogen (secondary N) is 1. The molecule has 0 saturated carbocycles. The summed E-state index contributed by atoms with van der Waals surface area (Å²) in [5, 5.41) is 6.62. The first-order chi connectivity index (χ1) is 10.7. The SMILES string of the molecule is O=C(NCc1cccc(Cl)c1)N1CCN(c2nccs2)CC1. The quantitative estimate of drug-likeness (QED) is 0.937. The lowest BCUT2D eigenvalue weighted by Crippen LogP contribution is -2.51. The molecular weight excluding hydrogens is 320 g/mol. The van der Waals surface area contributed by atoms with E-state index in [9.17, 15) is 4.79 Å². The first-order valence-corrected chi connectivity index (χ1v) is 8.40. The molecule has 1 fully saturated rings. The molecule has 5 nitrogen and oxygen atoms in total. The zero-order valence-corrected chi connectivity index (χ0v) is 13.6. The number of hydrogen-bond acceptors (Lipinski definition) is 4. The van der Waals surface area contributed by atoms with Crippen LogP contribution in [0, 0.1) is 0 Å². The molecule has 2 heterocycles. The summed E-state index contributed by atoms with van der Waals surface area (Å²) in [7, 11) is 0. The maximum Gasteiger partial charge on any atom is 0.317 e. The van der Waals surface area contributed by atoms with Crippen LogP contribution in [0.5, 0.6) is 0 Å². The van der Waals surface area contributed by atoms with Gasteiger partial charge in [0, 0.05) is 49.3 Å². The fourth-order valence-electron chi connectivity index (χ4n) is 2.41. The molecule has 7 heteroatoms. The highest BCUT2D eigenvalue weighted by Crippen LogP contribution is 2.18. The second-order valence-electron chi connectivity index (χ2n) is 5.08. The Balaban J connectivity index is 1.48. The number of urea groups is 1. The fraction of sp³-hybridized carbons (Fsp3) is 0.333. The Labute approximate surface area is 138 Å². The number of nitrogens with zero attached hydrogens (tertiary/aromatic N) is 3. The molecule has 0 radical (unpaired) electrons. The molecule has 3 rings (SSSR count). The fourth-order valence-corrected chi connectivity index (χ4v) is 3.32. The van der Waals surface area contributed by atoms with Gasteiger partial charge in [0.1, 0.15) is 0 Å². The van der Waals surface area contributed by atoms with E-state index in [2.05, 4.69) is 15.2 Å². The summed E-state index contributed by atoms with van der Waals surface area (Å²) >= 11 is 7.57. The molecule has 0 aliphatic carbocycles. The van der Waals surface area contributed by atoms with E-state index in [4.69, 9.17) is 11.6 Å². The van der Waals surface area contributed by atoms with Gasteiger partial charge in [-0.1, -0.05) is 23.7 Å². The Hall–Kier alpha value is -1.79. The summed E-state index contributed by atoms with van der Waals surface area (Å²) in [5.74, 6) is 0. The Kier molecular flexibility index (Phi) is 4.80. The van der Waals surface area contributed by atoms with Crippen LogP contribution in [0.15, 0.2) is 35.8 Å². The van der Waals surface area contributed by atoms with Crippen LogP contribution in [0.3, 0.4) is 0 Å². The minimum atomic E-state index is -0.0289. The molecule has 1 N–H and O–H groups in total. The molecule has 1 saturated heterocycles. The smallest absolute Gasteiger partial charge is 0.317 e. The molecule has 22 heavy (non-hydrogen) atoms. The minimum absolute atomic E-state index is 0.0289. The highest BCUT2D eigenvalue weighted by Gasteiger charge is 2.22. The zero-order valence-electron chi connectivity index (χ0n) is 12.0. The molecule has 1 aromatic heterocycles. The Morgan fingerprint density at radius 2 is 2.14 bits per heavy atom. The van der Waals surface area contributed by atoms with Crippen LogP contribution < -0.4 is 10.2 Å². The second-order valence-corrected chi connectivity index (χ2v) is 6.39. The summed E-state index contributed by atoms with van der Waals surface area (Å²) in [4.78, 5) is 20.6. The normalized spacial score (nSPS) is 15.0. The molecule has 1 aliphatic rings. The highest BCUT2D eigenvalue weighted by atomic mass is 35.5. The summed E-state index contributed by atoms with van der Waals surface area (Å²) in [6.45, 7) is 3.55. The van der Waals surface area contributed by atoms with Crippen molar-refractivity contribution in [1.82, 2.24) is 15.2 Å². The van der Waals surface area contributed by atoms with Gasteiger partial charge in [-0.15, -0.1) is 11.3 Å². The van der Waals surface area contributed by atoms with Crippen molar-refractivity contribution in [3.63, 3.8) is 0 Å². The van der Waals surface area contributed by atoms with Crippen LogP contribution in [-0.4, -0.2) is 42.1 Å². The minimum Gasteiger partial charge on any atom is -0.345 e. The van der Waals surface area contributed by atoms with Crippen molar-refractivity contribution >= 4 is 34.1 Å². The zero-order chi connectivity index (χ0) is 15.4. The first-order valence-electron chi connectivity index (χ1n) is 7.14. The molecule has 1 aromatic carbocycles. The van der Waals surface area contributed by atoms with Crippen molar-refractivity contribution in [2.24, 2.45) is 0 Å². The number of aromatic nitrogens is 1. The summed E-state index contributed by atoms with van der Waals surface area (Å²) in [5.41, 5.74) is 1.00. The van der Waals surface area contributed by atoms with Gasteiger partial charge in [0.25, 0.3) is 0 Å². The average molecular weight is 337 g/mol. The summed E-state index contributed by atoms with van der Waals surface area (Å²) in [6.07, 6.45) is 1.81. The molecule has 0 atom stereocenters. The van der Waals surface area contributed by atoms with Crippen molar-refractivity contribution in [2.45, 2.75) is 6.54 Å². The van der Waals surface area contributed by atoms with Crippen LogP contribution in [0.1, 0.15) is 5.56 Å². The van der Waals surface area contributed by atoms with E-state index >= 15 is 0 Å². The van der Waals surface area contributed by atoms with Gasteiger partial charge in [0.15, 0.2) is 5.13 Å². The molecule has 1 aliphatic heterocycles. The number of hydrogen-bond donors (Lipinski definition) is 1. The predicted octanol–water partition coefficient (Wildman–Crippen LogP) is 2.83. The van der Waals surface area contributed by atoms with Crippen LogP contribution in [0.25, 0.3) is 0 Å². The van der Waals surface area contributed by atoms with Gasteiger partial charge < -0.3 is 15.1 Å². The monoisotopic (exact) mass is 336 g/mol. The number of carbonyl (C=O) groups is 1. The van der Waals surface area contributed by atoms with Crippen molar-refractivity contribution in [2.75, 3.05) is 31.1 Å². The highest BCUT2D eigenvalue weighted by molar-refractivity contribution is 7.13. The van der Waals surface area contributed by atoms with Crippen LogP contribution in [0.2, 0.25) is 5.02 Å². The maximum absolute atomic E-state index is 12.2. The molecule has 0 bridgehead atoms. The lowest BCUT2D eigenvalue weighted by Gasteiger charge is -2.34. The molecule has 2 amide bonds. The number of benzene rings is 1. The van der Waals surface area contributed by atoms with Gasteiger partial charge in [-0.2, -0.15) is 0 Å². The summed E-state index contributed by atoms with van der Waals surface area (Å²) < 4.78 is 0.